The molecule has 0 radical (unpaired) electrons. The van der Waals surface area contributed by atoms with E-state index < -0.39 is 0 Å². The van der Waals surface area contributed by atoms with E-state index in [0.717, 1.165) is 24.5 Å². The highest BCUT2D eigenvalue weighted by molar-refractivity contribution is 4.94. The van der Waals surface area contributed by atoms with E-state index in [0.29, 0.717) is 0 Å². The fourth-order valence-electron chi connectivity index (χ4n) is 3.62. The summed E-state index contributed by atoms with van der Waals surface area (Å²) in [7, 11) is 2.28. The van der Waals surface area contributed by atoms with Gasteiger partial charge in [0.2, 0.25) is 0 Å². The van der Waals surface area contributed by atoms with Crippen LogP contribution < -0.4 is 5.32 Å². The van der Waals surface area contributed by atoms with Crippen LogP contribution in [0.25, 0.3) is 0 Å². The van der Waals surface area contributed by atoms with Gasteiger partial charge in [-0.25, -0.2) is 0 Å². The number of rotatable bonds is 5. The molecular formula is C15H31N3. The van der Waals surface area contributed by atoms with E-state index in [4.69, 9.17) is 0 Å². The molecule has 0 aromatic heterocycles. The zero-order valence-electron chi connectivity index (χ0n) is 12.5. The average Bonchev–Trinajstić information content (AvgIpc) is 2.50. The van der Waals surface area contributed by atoms with Crippen molar-refractivity contribution in [2.75, 3.05) is 39.8 Å². The van der Waals surface area contributed by atoms with Crippen molar-refractivity contribution in [2.45, 2.75) is 51.6 Å². The third-order valence-electron chi connectivity index (χ3n) is 4.88. The lowest BCUT2D eigenvalue weighted by Crippen LogP contribution is -2.55. The van der Waals surface area contributed by atoms with Gasteiger partial charge in [0.25, 0.3) is 0 Å². The van der Waals surface area contributed by atoms with Gasteiger partial charge in [-0.1, -0.05) is 13.8 Å². The second-order valence-corrected chi connectivity index (χ2v) is 6.13. The third kappa shape index (κ3) is 3.25. The quantitative estimate of drug-likeness (QED) is 0.806. The minimum Gasteiger partial charge on any atom is -0.317 e. The molecule has 1 aliphatic heterocycles. The van der Waals surface area contributed by atoms with Gasteiger partial charge in [-0.2, -0.15) is 0 Å². The predicted octanol–water partition coefficient (Wildman–Crippen LogP) is 1.79. The summed E-state index contributed by atoms with van der Waals surface area (Å²) in [5, 5.41) is 3.54. The van der Waals surface area contributed by atoms with Crippen molar-refractivity contribution in [1.82, 2.24) is 15.1 Å². The van der Waals surface area contributed by atoms with Gasteiger partial charge in [-0.05, 0) is 58.3 Å². The van der Waals surface area contributed by atoms with Crippen LogP contribution in [0.5, 0.6) is 0 Å². The Kier molecular flexibility index (Phi) is 5.46. The summed E-state index contributed by atoms with van der Waals surface area (Å²) in [5.41, 5.74) is 0. The number of likely N-dealkylation sites (N-methyl/N-ethyl adjacent to an activating group) is 1. The highest BCUT2D eigenvalue weighted by atomic mass is 15.3. The van der Waals surface area contributed by atoms with Crippen LogP contribution in [0.15, 0.2) is 0 Å². The van der Waals surface area contributed by atoms with Crippen LogP contribution in [0, 0.1) is 5.92 Å². The van der Waals surface area contributed by atoms with Crippen LogP contribution in [0.3, 0.4) is 0 Å². The van der Waals surface area contributed by atoms with Crippen LogP contribution in [0.1, 0.15) is 39.5 Å². The molecule has 0 spiro atoms. The van der Waals surface area contributed by atoms with Gasteiger partial charge in [0, 0.05) is 25.2 Å². The molecule has 106 valence electrons. The average molecular weight is 253 g/mol. The second-order valence-electron chi connectivity index (χ2n) is 6.13. The molecule has 3 nitrogen and oxygen atoms in total. The number of hydrogen-bond acceptors (Lipinski definition) is 3. The number of nitrogens with zero attached hydrogens (tertiary/aromatic N) is 2. The monoisotopic (exact) mass is 253 g/mol. The molecular weight excluding hydrogens is 222 g/mol. The SMILES string of the molecule is CCNCC1CCC1N1CCCN(C)CC1CC. The molecule has 1 N–H and O–H groups in total. The van der Waals surface area contributed by atoms with Crippen LogP contribution in [-0.4, -0.2) is 61.7 Å². The van der Waals surface area contributed by atoms with Crippen molar-refractivity contribution in [3.63, 3.8) is 0 Å². The number of hydrogen-bond donors (Lipinski definition) is 1. The summed E-state index contributed by atoms with van der Waals surface area (Å²) < 4.78 is 0. The highest BCUT2D eigenvalue weighted by Crippen LogP contribution is 2.34. The lowest BCUT2D eigenvalue weighted by Gasteiger charge is -2.47. The second kappa shape index (κ2) is 6.88. The maximum atomic E-state index is 3.54. The molecule has 0 bridgehead atoms. The Balaban J connectivity index is 1.92. The first-order valence-electron chi connectivity index (χ1n) is 7.91. The van der Waals surface area contributed by atoms with Crippen LogP contribution in [-0.2, 0) is 0 Å². The van der Waals surface area contributed by atoms with Gasteiger partial charge in [-0.15, -0.1) is 0 Å². The fourth-order valence-corrected chi connectivity index (χ4v) is 3.62. The van der Waals surface area contributed by atoms with Gasteiger partial charge in [0.1, 0.15) is 0 Å². The van der Waals surface area contributed by atoms with E-state index in [9.17, 15) is 0 Å². The maximum Gasteiger partial charge on any atom is 0.0223 e. The van der Waals surface area contributed by atoms with E-state index in [1.807, 2.05) is 0 Å². The fraction of sp³-hybridized carbons (Fsp3) is 1.00. The molecule has 1 heterocycles. The molecule has 2 fully saturated rings. The van der Waals surface area contributed by atoms with Crippen molar-refractivity contribution in [2.24, 2.45) is 5.92 Å². The zero-order valence-corrected chi connectivity index (χ0v) is 12.5. The van der Waals surface area contributed by atoms with Crippen molar-refractivity contribution >= 4 is 0 Å². The normalized spacial score (nSPS) is 35.2. The molecule has 2 aliphatic rings. The van der Waals surface area contributed by atoms with Crippen LogP contribution >= 0.6 is 0 Å². The Bertz CT molecular complexity index is 244. The Morgan fingerprint density at radius 2 is 2.00 bits per heavy atom. The van der Waals surface area contributed by atoms with E-state index in [1.54, 1.807) is 0 Å². The summed E-state index contributed by atoms with van der Waals surface area (Å²) in [6.07, 6.45) is 5.50. The Labute approximate surface area is 113 Å². The molecule has 2 rings (SSSR count). The molecule has 3 unspecified atom stereocenters. The predicted molar refractivity (Wildman–Crippen MR) is 78.0 cm³/mol. The molecule has 0 aromatic carbocycles. The summed E-state index contributed by atoms with van der Waals surface area (Å²) in [6, 6.07) is 1.65. The van der Waals surface area contributed by atoms with Gasteiger partial charge < -0.3 is 10.2 Å². The first-order valence-corrected chi connectivity index (χ1v) is 7.91. The minimum absolute atomic E-state index is 0.784. The number of nitrogens with one attached hydrogen (secondary N) is 1. The minimum atomic E-state index is 0.784. The highest BCUT2D eigenvalue weighted by Gasteiger charge is 2.38. The van der Waals surface area contributed by atoms with E-state index in [1.165, 1.54) is 51.9 Å². The molecule has 1 aliphatic carbocycles. The molecule has 0 aromatic rings. The molecule has 3 heteroatoms. The first kappa shape index (κ1) is 14.3. The Morgan fingerprint density at radius 3 is 2.61 bits per heavy atom. The van der Waals surface area contributed by atoms with Crippen molar-refractivity contribution in [3.05, 3.63) is 0 Å². The third-order valence-corrected chi connectivity index (χ3v) is 4.88. The summed E-state index contributed by atoms with van der Waals surface area (Å²) >= 11 is 0. The Hall–Kier alpha value is -0.120. The van der Waals surface area contributed by atoms with E-state index >= 15 is 0 Å². The summed E-state index contributed by atoms with van der Waals surface area (Å²) in [5.74, 6) is 0.905. The van der Waals surface area contributed by atoms with Crippen LogP contribution in [0.2, 0.25) is 0 Å². The molecule has 1 saturated heterocycles. The van der Waals surface area contributed by atoms with Gasteiger partial charge in [0.05, 0.1) is 0 Å². The van der Waals surface area contributed by atoms with E-state index in [2.05, 4.69) is 36.0 Å². The van der Waals surface area contributed by atoms with Gasteiger partial charge >= 0.3 is 0 Å². The van der Waals surface area contributed by atoms with Crippen molar-refractivity contribution in [3.8, 4) is 0 Å². The lowest BCUT2D eigenvalue weighted by molar-refractivity contribution is 0.0276. The summed E-state index contributed by atoms with van der Waals surface area (Å²) in [6.45, 7) is 10.8. The molecule has 18 heavy (non-hydrogen) atoms. The van der Waals surface area contributed by atoms with E-state index in [-0.39, 0.29) is 0 Å². The first-order chi connectivity index (χ1) is 8.76. The molecule has 3 atom stereocenters. The standard InChI is InChI=1S/C15H31N3/c1-4-14-12-17(3)9-6-10-18(14)15-8-7-13(15)11-16-5-2/h13-16H,4-12H2,1-3H3. The molecule has 0 amide bonds. The topological polar surface area (TPSA) is 18.5 Å². The largest absolute Gasteiger partial charge is 0.317 e. The lowest BCUT2D eigenvalue weighted by atomic mass is 9.77. The van der Waals surface area contributed by atoms with Crippen molar-refractivity contribution in [1.29, 1.82) is 0 Å². The van der Waals surface area contributed by atoms with Crippen LogP contribution in [0.4, 0.5) is 0 Å². The van der Waals surface area contributed by atoms with Gasteiger partial charge in [-0.3, -0.25) is 4.90 Å². The molecule has 1 saturated carbocycles. The van der Waals surface area contributed by atoms with Crippen molar-refractivity contribution < 1.29 is 0 Å². The van der Waals surface area contributed by atoms with Gasteiger partial charge in [0.15, 0.2) is 0 Å². The zero-order chi connectivity index (χ0) is 13.0. The smallest absolute Gasteiger partial charge is 0.0223 e. The maximum absolute atomic E-state index is 3.54. The summed E-state index contributed by atoms with van der Waals surface area (Å²) in [4.78, 5) is 5.36. The Morgan fingerprint density at radius 1 is 1.17 bits per heavy atom.